The van der Waals surface area contributed by atoms with Crippen molar-refractivity contribution in [3.05, 3.63) is 66.2 Å². The lowest BCUT2D eigenvalue weighted by Crippen LogP contribution is -2.46. The standard InChI is InChI=1S/C20H21NO4/c22-19(16-11-12-17(16)20(23)24)21-18(14-7-3-1-4-8-14)13-25-15-9-5-2-6-10-15/h1-10,16-18H,11-13H2,(H,21,22)(H,23,24). The first-order valence-electron chi connectivity index (χ1n) is 8.41. The summed E-state index contributed by atoms with van der Waals surface area (Å²) in [6.07, 6.45) is 1.17. The predicted octanol–water partition coefficient (Wildman–Crippen LogP) is 3.03. The van der Waals surface area contributed by atoms with E-state index in [0.29, 0.717) is 12.8 Å². The maximum Gasteiger partial charge on any atom is 0.307 e. The van der Waals surface area contributed by atoms with Crippen molar-refractivity contribution >= 4 is 11.9 Å². The van der Waals surface area contributed by atoms with Crippen LogP contribution in [-0.2, 0) is 9.59 Å². The Morgan fingerprint density at radius 2 is 1.60 bits per heavy atom. The number of carbonyl (C=O) groups is 2. The Balaban J connectivity index is 1.68. The van der Waals surface area contributed by atoms with Crippen LogP contribution in [0.3, 0.4) is 0 Å². The number of benzene rings is 2. The van der Waals surface area contributed by atoms with Crippen molar-refractivity contribution in [3.63, 3.8) is 0 Å². The lowest BCUT2D eigenvalue weighted by Gasteiger charge is -2.33. The highest BCUT2D eigenvalue weighted by atomic mass is 16.5. The zero-order chi connectivity index (χ0) is 17.6. The number of carboxylic acids is 1. The van der Waals surface area contributed by atoms with Crippen LogP contribution in [0.15, 0.2) is 60.7 Å². The molecule has 1 aliphatic carbocycles. The second-order valence-electron chi connectivity index (χ2n) is 6.22. The molecule has 2 aromatic rings. The Morgan fingerprint density at radius 1 is 1.00 bits per heavy atom. The Bertz CT molecular complexity index is 717. The number of hydrogen-bond donors (Lipinski definition) is 2. The molecule has 0 heterocycles. The number of hydrogen-bond acceptors (Lipinski definition) is 3. The summed E-state index contributed by atoms with van der Waals surface area (Å²) >= 11 is 0. The molecule has 3 rings (SSSR count). The molecule has 5 nitrogen and oxygen atoms in total. The van der Waals surface area contributed by atoms with Crippen molar-refractivity contribution in [2.45, 2.75) is 18.9 Å². The summed E-state index contributed by atoms with van der Waals surface area (Å²) < 4.78 is 5.80. The Kier molecular flexibility index (Phi) is 5.33. The molecule has 0 radical (unpaired) electrons. The first-order chi connectivity index (χ1) is 12.1. The fraction of sp³-hybridized carbons (Fsp3) is 0.300. The molecule has 1 amide bonds. The maximum atomic E-state index is 12.5. The highest BCUT2D eigenvalue weighted by Gasteiger charge is 2.41. The van der Waals surface area contributed by atoms with Crippen molar-refractivity contribution in [1.29, 1.82) is 0 Å². The van der Waals surface area contributed by atoms with E-state index in [1.807, 2.05) is 60.7 Å². The average Bonchev–Trinajstić information content (AvgIpc) is 2.58. The molecule has 1 fully saturated rings. The number of amides is 1. The number of aliphatic carboxylic acids is 1. The Labute approximate surface area is 146 Å². The van der Waals surface area contributed by atoms with Crippen LogP contribution in [0.2, 0.25) is 0 Å². The van der Waals surface area contributed by atoms with Gasteiger partial charge in [-0.25, -0.2) is 0 Å². The molecule has 0 bridgehead atoms. The van der Waals surface area contributed by atoms with Crippen LogP contribution in [0.25, 0.3) is 0 Å². The molecule has 5 heteroatoms. The molecule has 0 spiro atoms. The van der Waals surface area contributed by atoms with Crippen molar-refractivity contribution in [1.82, 2.24) is 5.32 Å². The molecule has 2 aromatic carbocycles. The lowest BCUT2D eigenvalue weighted by atomic mass is 9.73. The highest BCUT2D eigenvalue weighted by molar-refractivity contribution is 5.86. The van der Waals surface area contributed by atoms with Crippen molar-refractivity contribution in [2.75, 3.05) is 6.61 Å². The number of ether oxygens (including phenoxy) is 1. The van der Waals surface area contributed by atoms with Crippen LogP contribution in [0.5, 0.6) is 5.75 Å². The van der Waals surface area contributed by atoms with Gasteiger partial charge in [-0.1, -0.05) is 48.5 Å². The smallest absolute Gasteiger partial charge is 0.307 e. The number of nitrogens with one attached hydrogen (secondary N) is 1. The van der Waals surface area contributed by atoms with E-state index in [2.05, 4.69) is 5.32 Å². The van der Waals surface area contributed by atoms with Crippen molar-refractivity contribution in [3.8, 4) is 5.75 Å². The zero-order valence-corrected chi connectivity index (χ0v) is 13.8. The van der Waals surface area contributed by atoms with Crippen LogP contribution >= 0.6 is 0 Å². The zero-order valence-electron chi connectivity index (χ0n) is 13.8. The molecular weight excluding hydrogens is 318 g/mol. The van der Waals surface area contributed by atoms with Gasteiger partial charge in [-0.15, -0.1) is 0 Å². The third-order valence-corrected chi connectivity index (χ3v) is 4.61. The number of carbonyl (C=O) groups excluding carboxylic acids is 1. The lowest BCUT2D eigenvalue weighted by molar-refractivity contribution is -0.153. The van der Waals surface area contributed by atoms with Crippen LogP contribution in [0.1, 0.15) is 24.4 Å². The monoisotopic (exact) mass is 339 g/mol. The van der Waals surface area contributed by atoms with E-state index in [0.717, 1.165) is 11.3 Å². The normalized spacial score (nSPS) is 20.2. The quantitative estimate of drug-likeness (QED) is 0.813. The summed E-state index contributed by atoms with van der Waals surface area (Å²) in [5.74, 6) is -1.43. The van der Waals surface area contributed by atoms with Gasteiger partial charge in [0.05, 0.1) is 17.9 Å². The largest absolute Gasteiger partial charge is 0.491 e. The number of carboxylic acid groups (broad SMARTS) is 1. The van der Waals surface area contributed by atoms with E-state index >= 15 is 0 Å². The summed E-state index contributed by atoms with van der Waals surface area (Å²) in [5.41, 5.74) is 0.929. The number of para-hydroxylation sites is 1. The van der Waals surface area contributed by atoms with Gasteiger partial charge in [-0.3, -0.25) is 9.59 Å². The second kappa shape index (κ2) is 7.83. The van der Waals surface area contributed by atoms with Crippen molar-refractivity contribution < 1.29 is 19.4 Å². The minimum atomic E-state index is -0.900. The van der Waals surface area contributed by atoms with E-state index < -0.39 is 17.8 Å². The first-order valence-corrected chi connectivity index (χ1v) is 8.41. The molecule has 0 saturated heterocycles. The fourth-order valence-corrected chi connectivity index (χ4v) is 2.99. The predicted molar refractivity (Wildman–Crippen MR) is 93.1 cm³/mol. The number of rotatable bonds is 7. The van der Waals surface area contributed by atoms with Crippen LogP contribution in [0.4, 0.5) is 0 Å². The van der Waals surface area contributed by atoms with E-state index in [1.165, 1.54) is 0 Å². The van der Waals surface area contributed by atoms with Gasteiger partial charge < -0.3 is 15.2 Å². The SMILES string of the molecule is O=C(O)C1CCC1C(=O)NC(COc1ccccc1)c1ccccc1. The Hall–Kier alpha value is -2.82. The summed E-state index contributed by atoms with van der Waals surface area (Å²) in [6.45, 7) is 0.282. The average molecular weight is 339 g/mol. The third-order valence-electron chi connectivity index (χ3n) is 4.61. The van der Waals surface area contributed by atoms with Crippen LogP contribution in [0, 0.1) is 11.8 Å². The van der Waals surface area contributed by atoms with Gasteiger partial charge in [-0.05, 0) is 30.5 Å². The summed E-state index contributed by atoms with van der Waals surface area (Å²) in [5, 5.41) is 12.1. The Morgan fingerprint density at radius 3 is 2.16 bits per heavy atom. The van der Waals surface area contributed by atoms with Gasteiger partial charge in [0.2, 0.25) is 5.91 Å². The summed E-state index contributed by atoms with van der Waals surface area (Å²) in [7, 11) is 0. The van der Waals surface area contributed by atoms with Gasteiger partial charge in [0, 0.05) is 0 Å². The van der Waals surface area contributed by atoms with Crippen LogP contribution in [-0.4, -0.2) is 23.6 Å². The minimum Gasteiger partial charge on any atom is -0.491 e. The van der Waals surface area contributed by atoms with Gasteiger partial charge in [-0.2, -0.15) is 0 Å². The topological polar surface area (TPSA) is 75.6 Å². The molecule has 2 N–H and O–H groups in total. The van der Waals surface area contributed by atoms with Crippen molar-refractivity contribution in [2.24, 2.45) is 11.8 Å². The molecule has 1 saturated carbocycles. The molecule has 0 aliphatic heterocycles. The van der Waals surface area contributed by atoms with Gasteiger partial charge in [0.15, 0.2) is 0 Å². The van der Waals surface area contributed by atoms with Gasteiger partial charge >= 0.3 is 5.97 Å². The van der Waals surface area contributed by atoms with Gasteiger partial charge in [0.1, 0.15) is 12.4 Å². The molecule has 0 aromatic heterocycles. The van der Waals surface area contributed by atoms with Gasteiger partial charge in [0.25, 0.3) is 0 Å². The van der Waals surface area contributed by atoms with Crippen LogP contribution < -0.4 is 10.1 Å². The molecule has 25 heavy (non-hydrogen) atoms. The maximum absolute atomic E-state index is 12.5. The molecular formula is C20H21NO4. The summed E-state index contributed by atoms with van der Waals surface area (Å²) in [6, 6.07) is 18.6. The van der Waals surface area contributed by atoms with E-state index in [4.69, 9.17) is 9.84 Å². The second-order valence-corrected chi connectivity index (χ2v) is 6.22. The third kappa shape index (κ3) is 4.18. The van der Waals surface area contributed by atoms with E-state index in [1.54, 1.807) is 0 Å². The molecule has 3 atom stereocenters. The van der Waals surface area contributed by atoms with E-state index in [-0.39, 0.29) is 18.6 Å². The molecule has 3 unspecified atom stereocenters. The van der Waals surface area contributed by atoms with E-state index in [9.17, 15) is 9.59 Å². The summed E-state index contributed by atoms with van der Waals surface area (Å²) in [4.78, 5) is 23.7. The minimum absolute atomic E-state index is 0.218. The highest BCUT2D eigenvalue weighted by Crippen LogP contribution is 2.35. The molecule has 1 aliphatic rings. The first kappa shape index (κ1) is 17.0. The fourth-order valence-electron chi connectivity index (χ4n) is 2.99. The molecule has 130 valence electrons.